The van der Waals surface area contributed by atoms with E-state index in [9.17, 15) is 19.2 Å². The van der Waals surface area contributed by atoms with Crippen molar-refractivity contribution in [1.29, 1.82) is 0 Å². The van der Waals surface area contributed by atoms with Gasteiger partial charge < -0.3 is 10.2 Å². The minimum absolute atomic E-state index is 0.137. The van der Waals surface area contributed by atoms with Gasteiger partial charge in [0, 0.05) is 24.0 Å². The summed E-state index contributed by atoms with van der Waals surface area (Å²) >= 11 is 0. The Bertz CT molecular complexity index is 501. The van der Waals surface area contributed by atoms with Crippen LogP contribution < -0.4 is 0 Å². The van der Waals surface area contributed by atoms with Gasteiger partial charge in [-0.15, -0.1) is 0 Å². The van der Waals surface area contributed by atoms with Crippen LogP contribution in [0.25, 0.3) is 0 Å². The van der Waals surface area contributed by atoms with Crippen LogP contribution in [0.4, 0.5) is 0 Å². The first kappa shape index (κ1) is 15.6. The summed E-state index contributed by atoms with van der Waals surface area (Å²) < 4.78 is 0. The molecule has 0 aliphatic carbocycles. The number of aliphatic carboxylic acids is 2. The lowest BCUT2D eigenvalue weighted by molar-refractivity contribution is -0.137. The third-order valence-corrected chi connectivity index (χ3v) is 2.64. The van der Waals surface area contributed by atoms with E-state index in [0.717, 1.165) is 0 Å². The number of hydrogen-bond acceptors (Lipinski definition) is 4. The molecule has 1 rings (SSSR count). The van der Waals surface area contributed by atoms with Crippen molar-refractivity contribution < 1.29 is 29.4 Å². The van der Waals surface area contributed by atoms with Crippen LogP contribution in [0.5, 0.6) is 0 Å². The van der Waals surface area contributed by atoms with Crippen LogP contribution in [0.15, 0.2) is 24.3 Å². The Hall–Kier alpha value is -2.50. The zero-order chi connectivity index (χ0) is 15.1. The summed E-state index contributed by atoms with van der Waals surface area (Å²) in [4.78, 5) is 44.2. The second-order valence-corrected chi connectivity index (χ2v) is 4.21. The molecule has 0 aromatic heterocycles. The fourth-order valence-corrected chi connectivity index (χ4v) is 1.60. The summed E-state index contributed by atoms with van der Waals surface area (Å²) in [5.74, 6) is -2.85. The summed E-state index contributed by atoms with van der Waals surface area (Å²) in [7, 11) is 0. The lowest BCUT2D eigenvalue weighted by Crippen LogP contribution is -2.07. The highest BCUT2D eigenvalue weighted by Gasteiger charge is 2.12. The zero-order valence-corrected chi connectivity index (χ0v) is 10.7. The molecule has 0 aliphatic heterocycles. The normalized spacial score (nSPS) is 10.0. The van der Waals surface area contributed by atoms with E-state index in [4.69, 9.17) is 10.2 Å². The van der Waals surface area contributed by atoms with Crippen molar-refractivity contribution in [1.82, 2.24) is 0 Å². The molecule has 1 aromatic rings. The quantitative estimate of drug-likeness (QED) is 0.701. The van der Waals surface area contributed by atoms with E-state index in [0.29, 0.717) is 0 Å². The molecule has 20 heavy (non-hydrogen) atoms. The molecule has 2 N–H and O–H groups in total. The Morgan fingerprint density at radius 3 is 1.50 bits per heavy atom. The van der Waals surface area contributed by atoms with Crippen molar-refractivity contribution in [3.63, 3.8) is 0 Å². The molecule has 0 amide bonds. The van der Waals surface area contributed by atoms with Gasteiger partial charge in [-0.05, 0) is 6.07 Å². The fourth-order valence-electron chi connectivity index (χ4n) is 1.60. The summed E-state index contributed by atoms with van der Waals surface area (Å²) in [6, 6.07) is 5.88. The maximum Gasteiger partial charge on any atom is 0.303 e. The Kier molecular flexibility index (Phi) is 5.58. The van der Waals surface area contributed by atoms with Gasteiger partial charge in [0.25, 0.3) is 0 Å². The van der Waals surface area contributed by atoms with E-state index < -0.39 is 11.9 Å². The molecule has 1 aromatic carbocycles. The monoisotopic (exact) mass is 278 g/mol. The number of carboxylic acids is 2. The largest absolute Gasteiger partial charge is 0.481 e. The topological polar surface area (TPSA) is 109 Å². The van der Waals surface area contributed by atoms with Gasteiger partial charge in [-0.1, -0.05) is 18.2 Å². The van der Waals surface area contributed by atoms with Crippen LogP contribution in [0.3, 0.4) is 0 Å². The van der Waals surface area contributed by atoms with Crippen LogP contribution in [0.2, 0.25) is 0 Å². The number of rotatable bonds is 8. The van der Waals surface area contributed by atoms with Gasteiger partial charge >= 0.3 is 11.9 Å². The average Bonchev–Trinajstić information content (AvgIpc) is 2.42. The molecule has 0 unspecified atom stereocenters. The van der Waals surface area contributed by atoms with Gasteiger partial charge in [0.1, 0.15) is 0 Å². The summed E-state index contributed by atoms with van der Waals surface area (Å²) in [6.07, 6.45) is -0.809. The molecule has 0 heterocycles. The van der Waals surface area contributed by atoms with Gasteiger partial charge in [0.2, 0.25) is 0 Å². The number of hydrogen-bond donors (Lipinski definition) is 2. The number of Topliss-reactive ketones (excluding diaryl/α,β-unsaturated/α-hetero) is 2. The fraction of sp³-hybridized carbons (Fsp3) is 0.286. The smallest absolute Gasteiger partial charge is 0.303 e. The number of carboxylic acid groups (broad SMARTS) is 2. The van der Waals surface area contributed by atoms with Gasteiger partial charge in [-0.2, -0.15) is 0 Å². The van der Waals surface area contributed by atoms with Crippen molar-refractivity contribution in [3.05, 3.63) is 35.4 Å². The highest BCUT2D eigenvalue weighted by atomic mass is 16.4. The molecule has 0 spiro atoms. The molecule has 6 heteroatoms. The van der Waals surface area contributed by atoms with E-state index in [1.807, 2.05) is 0 Å². The predicted octanol–water partition coefficient (Wildman–Crippen LogP) is 1.78. The Labute approximate surface area is 115 Å². The maximum absolute atomic E-state index is 11.7. The number of benzene rings is 1. The predicted molar refractivity (Wildman–Crippen MR) is 68.8 cm³/mol. The number of carbonyl (C=O) groups excluding carboxylic acids is 2. The van der Waals surface area contributed by atoms with E-state index >= 15 is 0 Å². The standard InChI is InChI=1S/C14H14O6/c15-11(4-6-13(17)18)9-2-1-3-10(8-9)12(16)5-7-14(19)20/h1-3,8H,4-7H2,(H,17,18)(H,19,20). The highest BCUT2D eigenvalue weighted by Crippen LogP contribution is 2.12. The van der Waals surface area contributed by atoms with E-state index in [1.54, 1.807) is 0 Å². The van der Waals surface area contributed by atoms with E-state index in [2.05, 4.69) is 0 Å². The van der Waals surface area contributed by atoms with Gasteiger partial charge in [-0.25, -0.2) is 0 Å². The molecule has 0 fully saturated rings. The summed E-state index contributed by atoms with van der Waals surface area (Å²) in [5, 5.41) is 17.0. The molecular weight excluding hydrogens is 264 g/mol. The molecule has 106 valence electrons. The lowest BCUT2D eigenvalue weighted by atomic mass is 10.0. The van der Waals surface area contributed by atoms with Crippen molar-refractivity contribution in [2.45, 2.75) is 25.7 Å². The molecule has 0 radical (unpaired) electrons. The zero-order valence-electron chi connectivity index (χ0n) is 10.7. The third kappa shape index (κ3) is 5.01. The third-order valence-electron chi connectivity index (χ3n) is 2.64. The average molecular weight is 278 g/mol. The molecule has 0 bridgehead atoms. The van der Waals surface area contributed by atoms with Crippen LogP contribution in [-0.2, 0) is 9.59 Å². The first-order chi connectivity index (χ1) is 9.40. The second kappa shape index (κ2) is 7.18. The molecule has 0 aliphatic rings. The Balaban J connectivity index is 2.74. The number of ketones is 2. The van der Waals surface area contributed by atoms with Crippen molar-refractivity contribution >= 4 is 23.5 Å². The molecular formula is C14H14O6. The molecule has 0 atom stereocenters. The van der Waals surface area contributed by atoms with Crippen LogP contribution in [0, 0.1) is 0 Å². The van der Waals surface area contributed by atoms with Crippen LogP contribution in [-0.4, -0.2) is 33.7 Å². The second-order valence-electron chi connectivity index (χ2n) is 4.21. The first-order valence-electron chi connectivity index (χ1n) is 6.00. The Morgan fingerprint density at radius 1 is 0.750 bits per heavy atom. The van der Waals surface area contributed by atoms with Crippen molar-refractivity contribution in [2.75, 3.05) is 0 Å². The van der Waals surface area contributed by atoms with E-state index in [-0.39, 0.29) is 48.4 Å². The first-order valence-corrected chi connectivity index (χ1v) is 6.00. The Morgan fingerprint density at radius 2 is 1.15 bits per heavy atom. The van der Waals surface area contributed by atoms with Crippen molar-refractivity contribution in [2.24, 2.45) is 0 Å². The molecule has 0 saturated heterocycles. The SMILES string of the molecule is O=C(O)CCC(=O)c1cccc(C(=O)CCC(=O)O)c1. The number of carbonyl (C=O) groups is 4. The molecule has 6 nitrogen and oxygen atoms in total. The maximum atomic E-state index is 11.7. The molecule has 0 saturated carbocycles. The van der Waals surface area contributed by atoms with E-state index in [1.165, 1.54) is 24.3 Å². The van der Waals surface area contributed by atoms with Crippen LogP contribution in [0.1, 0.15) is 46.4 Å². The van der Waals surface area contributed by atoms with Gasteiger partial charge in [0.15, 0.2) is 11.6 Å². The minimum Gasteiger partial charge on any atom is -0.481 e. The minimum atomic E-state index is -1.06. The highest BCUT2D eigenvalue weighted by molar-refractivity contribution is 6.02. The lowest BCUT2D eigenvalue weighted by Gasteiger charge is -2.03. The summed E-state index contributed by atoms with van der Waals surface area (Å²) in [5.41, 5.74) is 0.514. The van der Waals surface area contributed by atoms with Crippen molar-refractivity contribution in [3.8, 4) is 0 Å². The van der Waals surface area contributed by atoms with Gasteiger partial charge in [-0.3, -0.25) is 19.2 Å². The summed E-state index contributed by atoms with van der Waals surface area (Å²) in [6.45, 7) is 0. The van der Waals surface area contributed by atoms with Crippen LogP contribution >= 0.6 is 0 Å². The van der Waals surface area contributed by atoms with Gasteiger partial charge in [0.05, 0.1) is 12.8 Å².